The minimum atomic E-state index is 0.262. The van der Waals surface area contributed by atoms with Crippen LogP contribution in [-0.2, 0) is 17.8 Å². The van der Waals surface area contributed by atoms with Crippen molar-refractivity contribution in [1.82, 2.24) is 19.8 Å². The smallest absolute Gasteiger partial charge is 0.227 e. The predicted molar refractivity (Wildman–Crippen MR) is 105 cm³/mol. The Bertz CT molecular complexity index is 728. The van der Waals surface area contributed by atoms with E-state index in [9.17, 15) is 4.79 Å². The van der Waals surface area contributed by atoms with Crippen LogP contribution >= 0.6 is 0 Å². The third-order valence-electron chi connectivity index (χ3n) is 6.11. The number of piperidine rings is 1. The molecule has 1 amide bonds. The van der Waals surface area contributed by atoms with Gasteiger partial charge in [-0.3, -0.25) is 19.7 Å². The van der Waals surface area contributed by atoms with E-state index in [4.69, 9.17) is 0 Å². The number of carbonyl (C=O) groups is 1. The number of hydrogen-bond donors (Lipinski definition) is 0. The Balaban J connectivity index is 1.23. The highest BCUT2D eigenvalue weighted by molar-refractivity contribution is 5.79. The van der Waals surface area contributed by atoms with E-state index in [0.29, 0.717) is 12.3 Å². The van der Waals surface area contributed by atoms with Crippen LogP contribution in [0.25, 0.3) is 0 Å². The molecule has 0 saturated carbocycles. The van der Waals surface area contributed by atoms with Gasteiger partial charge in [0.2, 0.25) is 5.91 Å². The van der Waals surface area contributed by atoms with Crippen LogP contribution in [0.15, 0.2) is 49.1 Å². The lowest BCUT2D eigenvalue weighted by atomic mass is 9.83. The molecular formula is C22H28N4O. The molecule has 2 aliphatic rings. The molecule has 2 aliphatic heterocycles. The maximum Gasteiger partial charge on any atom is 0.227 e. The van der Waals surface area contributed by atoms with E-state index >= 15 is 0 Å². The Kier molecular flexibility index (Phi) is 5.78. The van der Waals surface area contributed by atoms with E-state index < -0.39 is 0 Å². The standard InChI is InChI=1S/C22H28N4O/c27-22(14-18-3-9-23-10-4-18)26-13-7-21(17-26)20-5-11-25(12-6-20)16-19-2-1-8-24-15-19/h1-4,8-10,15,20-21H,5-7,11-14,16-17H2. The molecule has 0 aliphatic carbocycles. The van der Waals surface area contributed by atoms with Crippen molar-refractivity contribution in [3.63, 3.8) is 0 Å². The molecule has 2 fully saturated rings. The number of rotatable bonds is 5. The zero-order valence-electron chi connectivity index (χ0n) is 15.8. The van der Waals surface area contributed by atoms with Gasteiger partial charge in [-0.25, -0.2) is 0 Å². The summed E-state index contributed by atoms with van der Waals surface area (Å²) < 4.78 is 0. The highest BCUT2D eigenvalue weighted by Crippen LogP contribution is 2.32. The molecule has 1 unspecified atom stereocenters. The van der Waals surface area contributed by atoms with Gasteiger partial charge in [-0.05, 0) is 73.5 Å². The van der Waals surface area contributed by atoms with Crippen molar-refractivity contribution in [3.8, 4) is 0 Å². The average molecular weight is 364 g/mol. The fraction of sp³-hybridized carbons (Fsp3) is 0.500. The zero-order chi connectivity index (χ0) is 18.5. The maximum absolute atomic E-state index is 12.6. The molecule has 1 atom stereocenters. The van der Waals surface area contributed by atoms with E-state index in [0.717, 1.165) is 50.6 Å². The minimum Gasteiger partial charge on any atom is -0.342 e. The molecule has 0 spiro atoms. The van der Waals surface area contributed by atoms with Crippen molar-refractivity contribution in [2.75, 3.05) is 26.2 Å². The summed E-state index contributed by atoms with van der Waals surface area (Å²) in [7, 11) is 0. The molecule has 2 aromatic rings. The van der Waals surface area contributed by atoms with Gasteiger partial charge in [0, 0.05) is 44.4 Å². The third-order valence-corrected chi connectivity index (χ3v) is 6.11. The van der Waals surface area contributed by atoms with Crippen molar-refractivity contribution in [2.45, 2.75) is 32.2 Å². The first-order valence-electron chi connectivity index (χ1n) is 10.1. The van der Waals surface area contributed by atoms with Gasteiger partial charge < -0.3 is 4.90 Å². The van der Waals surface area contributed by atoms with Gasteiger partial charge in [0.15, 0.2) is 0 Å². The molecule has 0 aromatic carbocycles. The lowest BCUT2D eigenvalue weighted by Crippen LogP contribution is -2.37. The van der Waals surface area contributed by atoms with Gasteiger partial charge in [0.05, 0.1) is 6.42 Å². The molecule has 5 heteroatoms. The monoisotopic (exact) mass is 364 g/mol. The molecule has 4 rings (SSSR count). The lowest BCUT2D eigenvalue weighted by molar-refractivity contribution is -0.129. The molecule has 4 heterocycles. The number of carbonyl (C=O) groups excluding carboxylic acids is 1. The summed E-state index contributed by atoms with van der Waals surface area (Å²) in [6.45, 7) is 5.17. The van der Waals surface area contributed by atoms with Crippen LogP contribution in [-0.4, -0.2) is 51.9 Å². The SMILES string of the molecule is O=C(Cc1ccncc1)N1CCC(C2CCN(Cc3cccnc3)CC2)C1. The predicted octanol–water partition coefficient (Wildman–Crippen LogP) is 2.78. The Morgan fingerprint density at radius 2 is 1.70 bits per heavy atom. The average Bonchev–Trinajstić information content (AvgIpc) is 3.21. The summed E-state index contributed by atoms with van der Waals surface area (Å²) in [5.41, 5.74) is 2.35. The molecule has 5 nitrogen and oxygen atoms in total. The maximum atomic E-state index is 12.6. The van der Waals surface area contributed by atoms with Gasteiger partial charge in [-0.2, -0.15) is 0 Å². The quantitative estimate of drug-likeness (QED) is 0.819. The second kappa shape index (κ2) is 8.61. The van der Waals surface area contributed by atoms with Crippen LogP contribution in [0.1, 0.15) is 30.4 Å². The highest BCUT2D eigenvalue weighted by atomic mass is 16.2. The number of nitrogens with zero attached hydrogens (tertiary/aromatic N) is 4. The largest absolute Gasteiger partial charge is 0.342 e. The normalized spacial score (nSPS) is 21.5. The molecule has 2 aromatic heterocycles. The first-order chi connectivity index (χ1) is 13.3. The van der Waals surface area contributed by atoms with Gasteiger partial charge in [0.1, 0.15) is 0 Å². The van der Waals surface area contributed by atoms with Crippen LogP contribution in [0.2, 0.25) is 0 Å². The molecule has 27 heavy (non-hydrogen) atoms. The fourth-order valence-corrected chi connectivity index (χ4v) is 4.52. The van der Waals surface area contributed by atoms with E-state index in [2.05, 4.69) is 25.8 Å². The molecule has 142 valence electrons. The first kappa shape index (κ1) is 18.1. The fourth-order valence-electron chi connectivity index (χ4n) is 4.52. The van der Waals surface area contributed by atoms with Crippen molar-refractivity contribution in [2.24, 2.45) is 11.8 Å². The summed E-state index contributed by atoms with van der Waals surface area (Å²) in [5.74, 6) is 1.69. The number of hydrogen-bond acceptors (Lipinski definition) is 4. The van der Waals surface area contributed by atoms with Gasteiger partial charge in [-0.1, -0.05) is 6.07 Å². The Morgan fingerprint density at radius 3 is 2.44 bits per heavy atom. The van der Waals surface area contributed by atoms with Gasteiger partial charge in [-0.15, -0.1) is 0 Å². The lowest BCUT2D eigenvalue weighted by Gasteiger charge is -2.34. The zero-order valence-corrected chi connectivity index (χ0v) is 15.8. The second-order valence-corrected chi connectivity index (χ2v) is 7.90. The molecular weight excluding hydrogens is 336 g/mol. The summed E-state index contributed by atoms with van der Waals surface area (Å²) in [4.78, 5) is 25.4. The Labute approximate surface area is 161 Å². The van der Waals surface area contributed by atoms with Crippen molar-refractivity contribution >= 4 is 5.91 Å². The Hall–Kier alpha value is -2.27. The Morgan fingerprint density at radius 1 is 0.926 bits per heavy atom. The highest BCUT2D eigenvalue weighted by Gasteiger charge is 2.33. The van der Waals surface area contributed by atoms with E-state index in [-0.39, 0.29) is 5.91 Å². The number of pyridine rings is 2. The van der Waals surface area contributed by atoms with Crippen molar-refractivity contribution in [3.05, 3.63) is 60.2 Å². The van der Waals surface area contributed by atoms with Crippen LogP contribution in [0.5, 0.6) is 0 Å². The van der Waals surface area contributed by atoms with Gasteiger partial charge >= 0.3 is 0 Å². The van der Waals surface area contributed by atoms with Crippen LogP contribution in [0.4, 0.5) is 0 Å². The van der Waals surface area contributed by atoms with E-state index in [1.54, 1.807) is 12.4 Å². The minimum absolute atomic E-state index is 0.262. The van der Waals surface area contributed by atoms with Crippen molar-refractivity contribution < 1.29 is 4.79 Å². The number of amides is 1. The first-order valence-corrected chi connectivity index (χ1v) is 10.1. The molecule has 0 N–H and O–H groups in total. The van der Waals surface area contributed by atoms with E-state index in [1.807, 2.05) is 30.6 Å². The molecule has 0 radical (unpaired) electrons. The van der Waals surface area contributed by atoms with Gasteiger partial charge in [0.25, 0.3) is 0 Å². The van der Waals surface area contributed by atoms with E-state index in [1.165, 1.54) is 18.4 Å². The third kappa shape index (κ3) is 4.72. The summed E-state index contributed by atoms with van der Waals surface area (Å²) in [6.07, 6.45) is 11.5. The molecule has 2 saturated heterocycles. The summed E-state index contributed by atoms with van der Waals surface area (Å²) in [5, 5.41) is 0. The molecule has 0 bridgehead atoms. The second-order valence-electron chi connectivity index (χ2n) is 7.90. The number of aromatic nitrogens is 2. The summed E-state index contributed by atoms with van der Waals surface area (Å²) in [6, 6.07) is 8.04. The van der Waals surface area contributed by atoms with Crippen LogP contribution in [0.3, 0.4) is 0 Å². The number of likely N-dealkylation sites (tertiary alicyclic amines) is 2. The van der Waals surface area contributed by atoms with Crippen LogP contribution < -0.4 is 0 Å². The summed E-state index contributed by atoms with van der Waals surface area (Å²) >= 11 is 0. The van der Waals surface area contributed by atoms with Crippen molar-refractivity contribution in [1.29, 1.82) is 0 Å². The topological polar surface area (TPSA) is 49.3 Å². The van der Waals surface area contributed by atoms with Crippen LogP contribution in [0, 0.1) is 11.8 Å².